The van der Waals surface area contributed by atoms with Gasteiger partial charge in [0, 0.05) is 0 Å². The van der Waals surface area contributed by atoms with Crippen molar-refractivity contribution < 1.29 is 0 Å². The van der Waals surface area contributed by atoms with Crippen molar-refractivity contribution >= 4 is 0 Å². The lowest BCUT2D eigenvalue weighted by atomic mass is 9.73. The molecule has 0 saturated heterocycles. The molecule has 174 valence electrons. The molecule has 0 amide bonds. The summed E-state index contributed by atoms with van der Waals surface area (Å²) >= 11 is 0. The molecule has 2 aliphatic carbocycles. The van der Waals surface area contributed by atoms with E-state index < -0.39 is 0 Å². The highest BCUT2D eigenvalue weighted by molar-refractivity contribution is 5.68. The molecule has 0 aromatic heterocycles. The van der Waals surface area contributed by atoms with Gasteiger partial charge >= 0.3 is 0 Å². The topological polar surface area (TPSA) is 0 Å². The zero-order valence-corrected chi connectivity index (χ0v) is 20.8. The first-order chi connectivity index (χ1) is 15.8. The van der Waals surface area contributed by atoms with Gasteiger partial charge in [0.1, 0.15) is 0 Å². The highest BCUT2D eigenvalue weighted by Gasteiger charge is 2.27. The number of hydrogen-bond donors (Lipinski definition) is 0. The predicted octanol–water partition coefficient (Wildman–Crippen LogP) is 10.3. The van der Waals surface area contributed by atoms with Crippen molar-refractivity contribution in [1.29, 1.82) is 0 Å². The van der Waals surface area contributed by atoms with Crippen LogP contribution < -0.4 is 0 Å². The van der Waals surface area contributed by atoms with Gasteiger partial charge in [0.2, 0.25) is 0 Å². The highest BCUT2D eigenvalue weighted by atomic mass is 14.3. The molecule has 32 heavy (non-hydrogen) atoms. The Balaban J connectivity index is 1.51. The molecule has 2 aromatic carbocycles. The molecule has 4 rings (SSSR count). The summed E-state index contributed by atoms with van der Waals surface area (Å²) in [6.07, 6.45) is 19.8. The second-order valence-corrected chi connectivity index (χ2v) is 10.9. The summed E-state index contributed by atoms with van der Waals surface area (Å²) in [5.41, 5.74) is 6.21. The maximum absolute atomic E-state index is 2.66. The SMILES string of the molecule is CCCCCC1CCC(c2cc(C3CCC(CCC)CC3)ccc2-c2ccccc2)CC1. The van der Waals surface area contributed by atoms with E-state index >= 15 is 0 Å². The Labute approximate surface area is 198 Å². The predicted molar refractivity (Wildman–Crippen MR) is 140 cm³/mol. The van der Waals surface area contributed by atoms with Crippen molar-refractivity contribution in [3.63, 3.8) is 0 Å². The van der Waals surface area contributed by atoms with Crippen LogP contribution in [0, 0.1) is 11.8 Å². The Hall–Kier alpha value is -1.56. The molecule has 0 nitrogen and oxygen atoms in total. The van der Waals surface area contributed by atoms with Gasteiger partial charge in [-0.3, -0.25) is 0 Å². The highest BCUT2D eigenvalue weighted by Crippen LogP contribution is 2.44. The van der Waals surface area contributed by atoms with Gasteiger partial charge < -0.3 is 0 Å². The normalized spacial score (nSPS) is 26.2. The minimum absolute atomic E-state index is 0.754. The van der Waals surface area contributed by atoms with Gasteiger partial charge in [-0.05, 0) is 97.3 Å². The van der Waals surface area contributed by atoms with Crippen LogP contribution in [-0.2, 0) is 0 Å². The lowest BCUT2D eigenvalue weighted by Gasteiger charge is -2.32. The Kier molecular flexibility index (Phi) is 8.89. The Morgan fingerprint density at radius 2 is 1.28 bits per heavy atom. The molecule has 0 heteroatoms. The smallest absolute Gasteiger partial charge is 0.0149 e. The van der Waals surface area contributed by atoms with Gasteiger partial charge in [-0.2, -0.15) is 0 Å². The number of benzene rings is 2. The van der Waals surface area contributed by atoms with Gasteiger partial charge in [0.25, 0.3) is 0 Å². The third kappa shape index (κ3) is 6.06. The molecule has 2 fully saturated rings. The number of rotatable bonds is 9. The van der Waals surface area contributed by atoms with Crippen LogP contribution in [0.25, 0.3) is 11.1 Å². The van der Waals surface area contributed by atoms with Crippen LogP contribution in [-0.4, -0.2) is 0 Å². The molecule has 2 aromatic rings. The molecule has 0 bridgehead atoms. The van der Waals surface area contributed by atoms with E-state index in [4.69, 9.17) is 0 Å². The first kappa shape index (κ1) is 23.6. The van der Waals surface area contributed by atoms with Gasteiger partial charge in [-0.15, -0.1) is 0 Å². The summed E-state index contributed by atoms with van der Waals surface area (Å²) in [5.74, 6) is 3.51. The maximum Gasteiger partial charge on any atom is -0.0149 e. The average molecular weight is 431 g/mol. The van der Waals surface area contributed by atoms with Crippen LogP contribution in [0.5, 0.6) is 0 Å². The van der Waals surface area contributed by atoms with Crippen LogP contribution in [0.2, 0.25) is 0 Å². The van der Waals surface area contributed by atoms with E-state index in [9.17, 15) is 0 Å². The summed E-state index contributed by atoms with van der Waals surface area (Å²) in [4.78, 5) is 0. The minimum Gasteiger partial charge on any atom is -0.0654 e. The molecule has 0 atom stereocenters. The molecule has 0 aliphatic heterocycles. The van der Waals surface area contributed by atoms with E-state index in [2.05, 4.69) is 62.4 Å². The quantitative estimate of drug-likeness (QED) is 0.347. The number of unbranched alkanes of at least 4 members (excludes halogenated alkanes) is 2. The van der Waals surface area contributed by atoms with Crippen LogP contribution in [0.4, 0.5) is 0 Å². The summed E-state index contributed by atoms with van der Waals surface area (Å²) in [7, 11) is 0. The summed E-state index contributed by atoms with van der Waals surface area (Å²) in [6, 6.07) is 18.8. The molecule has 2 aliphatic rings. The van der Waals surface area contributed by atoms with Crippen LogP contribution in [0.15, 0.2) is 48.5 Å². The molecular formula is C32H46. The zero-order chi connectivity index (χ0) is 22.2. The molecule has 0 N–H and O–H groups in total. The van der Waals surface area contributed by atoms with Crippen LogP contribution >= 0.6 is 0 Å². The lowest BCUT2D eigenvalue weighted by molar-refractivity contribution is 0.301. The van der Waals surface area contributed by atoms with Gasteiger partial charge in [-0.25, -0.2) is 0 Å². The monoisotopic (exact) mass is 430 g/mol. The van der Waals surface area contributed by atoms with E-state index in [1.165, 1.54) is 101 Å². The van der Waals surface area contributed by atoms with E-state index in [0.717, 1.165) is 23.7 Å². The second-order valence-electron chi connectivity index (χ2n) is 10.9. The van der Waals surface area contributed by atoms with Crippen molar-refractivity contribution in [2.45, 2.75) is 116 Å². The molecular weight excluding hydrogens is 384 g/mol. The van der Waals surface area contributed by atoms with E-state index in [-0.39, 0.29) is 0 Å². The minimum atomic E-state index is 0.754. The zero-order valence-electron chi connectivity index (χ0n) is 20.8. The van der Waals surface area contributed by atoms with Crippen molar-refractivity contribution in [2.75, 3.05) is 0 Å². The van der Waals surface area contributed by atoms with Crippen LogP contribution in [0.1, 0.15) is 127 Å². The molecule has 0 spiro atoms. The maximum atomic E-state index is 2.66. The third-order valence-electron chi connectivity index (χ3n) is 8.68. The summed E-state index contributed by atoms with van der Waals surface area (Å²) < 4.78 is 0. The van der Waals surface area contributed by atoms with Crippen LogP contribution in [0.3, 0.4) is 0 Å². The summed E-state index contributed by atoms with van der Waals surface area (Å²) in [6.45, 7) is 4.67. The Morgan fingerprint density at radius 3 is 1.94 bits per heavy atom. The third-order valence-corrected chi connectivity index (χ3v) is 8.68. The first-order valence-electron chi connectivity index (χ1n) is 14.0. The average Bonchev–Trinajstić information content (AvgIpc) is 2.86. The molecule has 2 saturated carbocycles. The fourth-order valence-corrected chi connectivity index (χ4v) is 6.69. The molecule has 0 heterocycles. The standard InChI is InChI=1S/C32H46/c1-3-5-7-11-26-16-20-29(21-17-26)32-24-30(27-18-14-25(10-4-2)15-19-27)22-23-31(32)28-12-8-6-9-13-28/h6,8-9,12-13,22-27,29H,3-5,7,10-11,14-21H2,1-2H3. The van der Waals surface area contributed by atoms with Crippen molar-refractivity contribution in [1.82, 2.24) is 0 Å². The van der Waals surface area contributed by atoms with Crippen molar-refractivity contribution in [3.05, 3.63) is 59.7 Å². The van der Waals surface area contributed by atoms with Gasteiger partial charge in [0.15, 0.2) is 0 Å². The Morgan fingerprint density at radius 1 is 0.625 bits per heavy atom. The van der Waals surface area contributed by atoms with E-state index in [1.807, 2.05) is 0 Å². The summed E-state index contributed by atoms with van der Waals surface area (Å²) in [5, 5.41) is 0. The fraction of sp³-hybridized carbons (Fsp3) is 0.625. The van der Waals surface area contributed by atoms with Crippen molar-refractivity contribution in [2.24, 2.45) is 11.8 Å². The molecule has 0 unspecified atom stereocenters. The van der Waals surface area contributed by atoms with E-state index in [0.29, 0.717) is 0 Å². The largest absolute Gasteiger partial charge is 0.0654 e. The second kappa shape index (κ2) is 12.1. The fourth-order valence-electron chi connectivity index (χ4n) is 6.69. The number of hydrogen-bond acceptors (Lipinski definition) is 0. The van der Waals surface area contributed by atoms with Gasteiger partial charge in [0.05, 0.1) is 0 Å². The van der Waals surface area contributed by atoms with Crippen molar-refractivity contribution in [3.8, 4) is 11.1 Å². The molecule has 0 radical (unpaired) electrons. The first-order valence-corrected chi connectivity index (χ1v) is 14.0. The lowest BCUT2D eigenvalue weighted by Crippen LogP contribution is -2.16. The van der Waals surface area contributed by atoms with E-state index in [1.54, 1.807) is 11.1 Å². The Bertz CT molecular complexity index is 788. The van der Waals surface area contributed by atoms with Gasteiger partial charge in [-0.1, -0.05) is 101 Å².